The van der Waals surface area contributed by atoms with Crippen molar-refractivity contribution in [1.82, 2.24) is 5.43 Å². The number of nitrogens with one attached hydrogen (secondary N) is 1. The molecule has 0 spiro atoms. The molecule has 1 rings (SSSR count). The second kappa shape index (κ2) is 5.93. The lowest BCUT2D eigenvalue weighted by molar-refractivity contribution is -0.927. The maximum atomic E-state index is 12.7. The summed E-state index contributed by atoms with van der Waals surface area (Å²) < 4.78 is 12.9. The Hall–Kier alpha value is -1.46. The summed E-state index contributed by atoms with van der Waals surface area (Å²) in [5.41, 5.74) is 3.17. The van der Waals surface area contributed by atoms with E-state index in [2.05, 4.69) is 5.43 Å². The van der Waals surface area contributed by atoms with E-state index >= 15 is 0 Å². The average Bonchev–Trinajstić information content (AvgIpc) is 2.28. The molecule has 1 amide bonds. The lowest BCUT2D eigenvalue weighted by Crippen LogP contribution is -2.57. The van der Waals surface area contributed by atoms with Crippen LogP contribution in [0.1, 0.15) is 23.7 Å². The summed E-state index contributed by atoms with van der Waals surface area (Å²) in [6, 6.07) is 5.35. The third kappa shape index (κ3) is 4.43. The Labute approximate surface area is 107 Å². The van der Waals surface area contributed by atoms with E-state index in [1.54, 1.807) is 14.1 Å². The minimum atomic E-state index is -0.464. The number of hydrogen-bond donors (Lipinski definition) is 2. The average molecular weight is 255 g/mol. The molecule has 0 saturated carbocycles. The maximum Gasteiger partial charge on any atom is 0.295 e. The number of aliphatic hydroxyl groups excluding tert-OH is 1. The Morgan fingerprint density at radius 1 is 1.39 bits per heavy atom. The second-order valence-corrected chi connectivity index (χ2v) is 4.88. The highest BCUT2D eigenvalue weighted by Gasteiger charge is 2.23. The van der Waals surface area contributed by atoms with Crippen LogP contribution < -0.4 is 5.43 Å². The fourth-order valence-electron chi connectivity index (χ4n) is 1.64. The van der Waals surface area contributed by atoms with Gasteiger partial charge in [-0.2, -0.15) is 5.43 Å². The van der Waals surface area contributed by atoms with Crippen molar-refractivity contribution in [2.75, 3.05) is 20.6 Å². The number of nitrogens with zero attached hydrogens (tertiary/aromatic N) is 1. The minimum Gasteiger partial charge on any atom is -0.387 e. The molecule has 0 aromatic heterocycles. The quantitative estimate of drug-likeness (QED) is 0.616. The van der Waals surface area contributed by atoms with Gasteiger partial charge in [-0.3, -0.25) is 4.79 Å². The van der Waals surface area contributed by atoms with Crippen LogP contribution in [0.15, 0.2) is 24.3 Å². The molecule has 2 N–H and O–H groups in total. The third-order valence-corrected chi connectivity index (χ3v) is 2.65. The van der Waals surface area contributed by atoms with Gasteiger partial charge in [0.1, 0.15) is 18.5 Å². The molecule has 18 heavy (non-hydrogen) atoms. The zero-order valence-corrected chi connectivity index (χ0v) is 11.0. The van der Waals surface area contributed by atoms with Crippen molar-refractivity contribution in [3.8, 4) is 0 Å². The van der Waals surface area contributed by atoms with E-state index in [4.69, 9.17) is 0 Å². The molecule has 1 aromatic rings. The van der Waals surface area contributed by atoms with Gasteiger partial charge in [0.15, 0.2) is 0 Å². The number of aliphatic hydroxyl groups is 1. The molecule has 1 atom stereocenters. The Bertz CT molecular complexity index is 404. The van der Waals surface area contributed by atoms with Crippen LogP contribution >= 0.6 is 0 Å². The molecule has 0 aliphatic rings. The van der Waals surface area contributed by atoms with Gasteiger partial charge in [0.25, 0.3) is 5.91 Å². The van der Waals surface area contributed by atoms with E-state index in [0.717, 1.165) is 0 Å². The van der Waals surface area contributed by atoms with Crippen LogP contribution in [-0.2, 0) is 0 Å². The molecule has 0 aliphatic heterocycles. The first kappa shape index (κ1) is 14.6. The first-order chi connectivity index (χ1) is 8.34. The number of hydrogen-bond acceptors (Lipinski definition) is 2. The van der Waals surface area contributed by atoms with E-state index in [1.807, 2.05) is 6.92 Å². The maximum absolute atomic E-state index is 12.7. The number of likely N-dealkylation sites (N-methyl/N-ethyl adjacent to an activating group) is 1. The van der Waals surface area contributed by atoms with Crippen LogP contribution in [0, 0.1) is 5.82 Å². The molecule has 0 heterocycles. The first-order valence-corrected chi connectivity index (χ1v) is 5.93. The molecule has 1 aromatic carbocycles. The van der Waals surface area contributed by atoms with Crippen LogP contribution in [0.25, 0.3) is 0 Å². The summed E-state index contributed by atoms with van der Waals surface area (Å²) in [5.74, 6) is -0.662. The number of carbonyl (C=O) groups is 1. The van der Waals surface area contributed by atoms with E-state index in [9.17, 15) is 14.3 Å². The molecule has 0 radical (unpaired) electrons. The van der Waals surface area contributed by atoms with Crippen molar-refractivity contribution in [3.63, 3.8) is 0 Å². The van der Waals surface area contributed by atoms with Gasteiger partial charge < -0.3 is 5.11 Å². The van der Waals surface area contributed by atoms with Crippen LogP contribution in [0.3, 0.4) is 0 Å². The van der Waals surface area contributed by atoms with Gasteiger partial charge in [0.2, 0.25) is 0 Å². The zero-order valence-electron chi connectivity index (χ0n) is 11.0. The van der Waals surface area contributed by atoms with Gasteiger partial charge in [0, 0.05) is 5.56 Å². The fourth-order valence-corrected chi connectivity index (χ4v) is 1.64. The van der Waals surface area contributed by atoms with E-state index in [0.29, 0.717) is 18.5 Å². The zero-order chi connectivity index (χ0) is 13.8. The Balaban J connectivity index is 2.66. The molecule has 1 unspecified atom stereocenters. The summed E-state index contributed by atoms with van der Waals surface area (Å²) in [6.45, 7) is 2.30. The van der Waals surface area contributed by atoms with Crippen molar-refractivity contribution < 1.29 is 18.9 Å². The number of halogens is 1. The van der Waals surface area contributed by atoms with E-state index in [-0.39, 0.29) is 16.3 Å². The van der Waals surface area contributed by atoms with Crippen LogP contribution in [0.2, 0.25) is 0 Å². The van der Waals surface area contributed by atoms with Gasteiger partial charge in [-0.1, -0.05) is 6.92 Å². The largest absolute Gasteiger partial charge is 0.387 e. The van der Waals surface area contributed by atoms with Crippen molar-refractivity contribution in [2.24, 2.45) is 0 Å². The normalized spacial score (nSPS) is 13.2. The highest BCUT2D eigenvalue weighted by Crippen LogP contribution is 2.05. The van der Waals surface area contributed by atoms with E-state index < -0.39 is 6.10 Å². The lowest BCUT2D eigenvalue weighted by Gasteiger charge is -2.30. The van der Waals surface area contributed by atoms with Crippen molar-refractivity contribution in [2.45, 2.75) is 19.4 Å². The first-order valence-electron chi connectivity index (χ1n) is 5.93. The number of benzene rings is 1. The Morgan fingerprint density at radius 3 is 2.44 bits per heavy atom. The molecule has 0 saturated heterocycles. The number of carbonyl (C=O) groups excluding carboxylic acids is 1. The molecule has 0 aliphatic carbocycles. The Morgan fingerprint density at radius 2 is 1.94 bits per heavy atom. The van der Waals surface area contributed by atoms with Crippen LogP contribution in [0.4, 0.5) is 4.39 Å². The summed E-state index contributed by atoms with van der Waals surface area (Å²) in [6.07, 6.45) is 0.169. The molecule has 0 bridgehead atoms. The second-order valence-electron chi connectivity index (χ2n) is 4.88. The van der Waals surface area contributed by atoms with Gasteiger partial charge in [-0.25, -0.2) is 8.98 Å². The standard InChI is InChI=1S/C13H19FN2O2/c1-4-12(17)9-16(2,3)15-13(18)10-5-7-11(14)8-6-10/h5-8,12,17H,4,9H2,1-3H3/p+1. The number of amides is 1. The van der Waals surface area contributed by atoms with Gasteiger partial charge in [-0.15, -0.1) is 0 Å². The van der Waals surface area contributed by atoms with E-state index in [1.165, 1.54) is 24.3 Å². The molecular weight excluding hydrogens is 235 g/mol. The highest BCUT2D eigenvalue weighted by molar-refractivity contribution is 5.93. The van der Waals surface area contributed by atoms with Crippen LogP contribution in [-0.4, -0.2) is 42.3 Å². The molecular formula is C13H20FN2O2+. The lowest BCUT2D eigenvalue weighted by atomic mass is 10.2. The fraction of sp³-hybridized carbons (Fsp3) is 0.462. The molecule has 100 valence electrons. The summed E-state index contributed by atoms with van der Waals surface area (Å²) in [4.78, 5) is 11.9. The Kier molecular flexibility index (Phi) is 4.81. The van der Waals surface area contributed by atoms with Crippen LogP contribution in [0.5, 0.6) is 0 Å². The topological polar surface area (TPSA) is 49.3 Å². The summed E-state index contributed by atoms with van der Waals surface area (Å²) in [5, 5.41) is 9.60. The van der Waals surface area contributed by atoms with Gasteiger partial charge in [0.05, 0.1) is 14.1 Å². The predicted molar refractivity (Wildman–Crippen MR) is 67.1 cm³/mol. The predicted octanol–water partition coefficient (Wildman–Crippen LogP) is 1.32. The number of quaternary nitrogens is 1. The molecule has 4 nitrogen and oxygen atoms in total. The van der Waals surface area contributed by atoms with Gasteiger partial charge >= 0.3 is 0 Å². The van der Waals surface area contributed by atoms with Crippen molar-refractivity contribution in [1.29, 1.82) is 0 Å². The third-order valence-electron chi connectivity index (χ3n) is 2.65. The van der Waals surface area contributed by atoms with Crippen molar-refractivity contribution >= 4 is 5.91 Å². The molecule has 5 heteroatoms. The van der Waals surface area contributed by atoms with Gasteiger partial charge in [-0.05, 0) is 30.7 Å². The minimum absolute atomic E-state index is 0.172. The highest BCUT2D eigenvalue weighted by atomic mass is 19.1. The van der Waals surface area contributed by atoms with Crippen molar-refractivity contribution in [3.05, 3.63) is 35.6 Å². The molecule has 0 fully saturated rings. The smallest absolute Gasteiger partial charge is 0.295 e. The monoisotopic (exact) mass is 255 g/mol. The number of rotatable bonds is 5. The SMILES string of the molecule is CCC(O)C[N+](C)(C)NC(=O)c1ccc(F)cc1. The summed E-state index contributed by atoms with van der Waals surface area (Å²) in [7, 11) is 3.58. The summed E-state index contributed by atoms with van der Waals surface area (Å²) >= 11 is 0.